The van der Waals surface area contributed by atoms with Crippen molar-refractivity contribution in [2.45, 2.75) is 23.8 Å². The second kappa shape index (κ2) is 8.79. The molecule has 1 heterocycles. The van der Waals surface area contributed by atoms with Gasteiger partial charge in [-0.2, -0.15) is 0 Å². The molecule has 3 rings (SSSR count). The number of rotatable bonds is 6. The van der Waals surface area contributed by atoms with Crippen LogP contribution in [0.3, 0.4) is 0 Å². The summed E-state index contributed by atoms with van der Waals surface area (Å²) >= 11 is 1.42. The van der Waals surface area contributed by atoms with Crippen molar-refractivity contribution in [1.82, 2.24) is 4.98 Å². The summed E-state index contributed by atoms with van der Waals surface area (Å²) in [6.07, 6.45) is 1.65. The Morgan fingerprint density at radius 3 is 2.55 bits per heavy atom. The number of ether oxygens (including phenoxy) is 1. The zero-order valence-electron chi connectivity index (χ0n) is 16.4. The minimum absolute atomic E-state index is 0.275. The third-order valence-corrected chi connectivity index (χ3v) is 5.45. The lowest BCUT2D eigenvalue weighted by molar-refractivity contribution is 0.0995. The van der Waals surface area contributed by atoms with E-state index in [1.165, 1.54) is 36.1 Å². The van der Waals surface area contributed by atoms with Crippen molar-refractivity contribution in [3.05, 3.63) is 77.0 Å². The van der Waals surface area contributed by atoms with Gasteiger partial charge in [0, 0.05) is 16.7 Å². The van der Waals surface area contributed by atoms with Gasteiger partial charge in [0.15, 0.2) is 0 Å². The summed E-state index contributed by atoms with van der Waals surface area (Å²) in [6, 6.07) is 14.1. The molecule has 0 saturated heterocycles. The third-order valence-electron chi connectivity index (χ3n) is 4.44. The Morgan fingerprint density at radius 1 is 1.07 bits per heavy atom. The highest BCUT2D eigenvalue weighted by molar-refractivity contribution is 7.99. The first kappa shape index (κ1) is 20.4. The highest BCUT2D eigenvalue weighted by atomic mass is 32.2. The number of primary amides is 1. The maximum atomic E-state index is 13.0. The molecule has 6 nitrogen and oxygen atoms in total. The molecule has 2 aromatic carbocycles. The number of nitrogens with zero attached hydrogens (tertiary/aromatic N) is 1. The van der Waals surface area contributed by atoms with Crippen LogP contribution in [0.2, 0.25) is 0 Å². The molecule has 0 aliphatic rings. The summed E-state index contributed by atoms with van der Waals surface area (Å²) in [5.74, 6) is -0.518. The van der Waals surface area contributed by atoms with Crippen molar-refractivity contribution >= 4 is 29.3 Å². The number of methoxy groups -OCH3 is 1. The maximum absolute atomic E-state index is 13.0. The number of nitrogens with two attached hydrogens (primary N) is 1. The van der Waals surface area contributed by atoms with Crippen LogP contribution in [0.4, 0.5) is 5.69 Å². The van der Waals surface area contributed by atoms with Crippen LogP contribution in [0.25, 0.3) is 0 Å². The lowest BCUT2D eigenvalue weighted by Crippen LogP contribution is -2.16. The Kier molecular flexibility index (Phi) is 6.19. The molecule has 2 amide bonds. The maximum Gasteiger partial charge on any atom is 0.258 e. The molecular formula is C22H21N3O3S. The number of benzene rings is 2. The van der Waals surface area contributed by atoms with E-state index in [4.69, 9.17) is 10.5 Å². The fourth-order valence-electron chi connectivity index (χ4n) is 2.68. The van der Waals surface area contributed by atoms with Gasteiger partial charge in [0.2, 0.25) is 5.91 Å². The van der Waals surface area contributed by atoms with Gasteiger partial charge < -0.3 is 15.8 Å². The van der Waals surface area contributed by atoms with Gasteiger partial charge in [0.25, 0.3) is 5.91 Å². The largest absolute Gasteiger partial charge is 0.495 e. The quantitative estimate of drug-likeness (QED) is 0.638. The summed E-state index contributed by atoms with van der Waals surface area (Å²) in [6.45, 7) is 4.10. The Balaban J connectivity index is 1.90. The molecular weight excluding hydrogens is 386 g/mol. The standard InChI is InChI=1S/C22H21N3O3S/c1-13-6-8-16(11-14(13)2)29-22-17(5-4-10-24-22)21(27)25-18-12-15(20(23)26)7-9-19(18)28-3/h4-12H,1-3H3,(H2,23,26)(H,25,27). The van der Waals surface area contributed by atoms with E-state index in [0.29, 0.717) is 22.0 Å². The highest BCUT2D eigenvalue weighted by Gasteiger charge is 2.17. The average Bonchev–Trinajstić information content (AvgIpc) is 2.71. The molecule has 0 unspecified atom stereocenters. The smallest absolute Gasteiger partial charge is 0.258 e. The van der Waals surface area contributed by atoms with Gasteiger partial charge in [-0.05, 0) is 67.4 Å². The number of nitrogens with one attached hydrogen (secondary N) is 1. The van der Waals surface area contributed by atoms with E-state index in [0.717, 1.165) is 4.90 Å². The number of anilines is 1. The normalized spacial score (nSPS) is 10.4. The Hall–Kier alpha value is -3.32. The molecule has 0 spiro atoms. The number of carbonyl (C=O) groups is 2. The summed E-state index contributed by atoms with van der Waals surface area (Å²) in [7, 11) is 1.49. The predicted molar refractivity (Wildman–Crippen MR) is 114 cm³/mol. The third kappa shape index (κ3) is 4.75. The second-order valence-corrected chi connectivity index (χ2v) is 7.50. The number of carbonyl (C=O) groups excluding carboxylic acids is 2. The fourth-order valence-corrected chi connectivity index (χ4v) is 3.66. The first-order valence-corrected chi connectivity index (χ1v) is 9.70. The van der Waals surface area contributed by atoms with Gasteiger partial charge in [-0.1, -0.05) is 17.8 Å². The SMILES string of the molecule is COc1ccc(C(N)=O)cc1NC(=O)c1cccnc1Sc1ccc(C)c(C)c1. The van der Waals surface area contributed by atoms with Crippen molar-refractivity contribution in [2.24, 2.45) is 5.73 Å². The first-order chi connectivity index (χ1) is 13.9. The molecule has 148 valence electrons. The van der Waals surface area contributed by atoms with Gasteiger partial charge in [-0.3, -0.25) is 9.59 Å². The van der Waals surface area contributed by atoms with E-state index in [1.807, 2.05) is 19.1 Å². The minimum atomic E-state index is -0.587. The Labute approximate surface area is 173 Å². The monoisotopic (exact) mass is 407 g/mol. The number of hydrogen-bond donors (Lipinski definition) is 2. The topological polar surface area (TPSA) is 94.3 Å². The zero-order chi connectivity index (χ0) is 21.0. The predicted octanol–water partition coefficient (Wildman–Crippen LogP) is 4.21. The molecule has 0 bridgehead atoms. The highest BCUT2D eigenvalue weighted by Crippen LogP contribution is 2.31. The number of hydrogen-bond acceptors (Lipinski definition) is 5. The lowest BCUT2D eigenvalue weighted by atomic mass is 10.1. The van der Waals surface area contributed by atoms with Gasteiger partial charge in [0.1, 0.15) is 10.8 Å². The molecule has 0 aliphatic carbocycles. The molecule has 7 heteroatoms. The van der Waals surface area contributed by atoms with Crippen molar-refractivity contribution in [1.29, 1.82) is 0 Å². The average molecular weight is 407 g/mol. The van der Waals surface area contributed by atoms with Crippen LogP contribution in [0.5, 0.6) is 5.75 Å². The van der Waals surface area contributed by atoms with E-state index in [2.05, 4.69) is 23.3 Å². The molecule has 29 heavy (non-hydrogen) atoms. The van der Waals surface area contributed by atoms with Gasteiger partial charge >= 0.3 is 0 Å². The molecule has 3 aromatic rings. The Bertz CT molecular complexity index is 1080. The van der Waals surface area contributed by atoms with Crippen LogP contribution in [-0.2, 0) is 0 Å². The summed E-state index contributed by atoms with van der Waals surface area (Å²) < 4.78 is 5.28. The molecule has 0 aliphatic heterocycles. The molecule has 0 saturated carbocycles. The lowest BCUT2D eigenvalue weighted by Gasteiger charge is -2.13. The molecule has 3 N–H and O–H groups in total. The Morgan fingerprint density at radius 2 is 1.86 bits per heavy atom. The van der Waals surface area contributed by atoms with Crippen LogP contribution < -0.4 is 15.8 Å². The van der Waals surface area contributed by atoms with Gasteiger partial charge in [0.05, 0.1) is 18.4 Å². The summed E-state index contributed by atoms with van der Waals surface area (Å²) in [5, 5.41) is 3.38. The molecule has 0 fully saturated rings. The number of pyridine rings is 1. The van der Waals surface area contributed by atoms with Crippen LogP contribution in [0.15, 0.2) is 64.6 Å². The first-order valence-electron chi connectivity index (χ1n) is 8.88. The van der Waals surface area contributed by atoms with E-state index in [1.54, 1.807) is 30.5 Å². The van der Waals surface area contributed by atoms with E-state index >= 15 is 0 Å². The second-order valence-electron chi connectivity index (χ2n) is 6.44. The van der Waals surface area contributed by atoms with Crippen molar-refractivity contribution < 1.29 is 14.3 Å². The van der Waals surface area contributed by atoms with Crippen LogP contribution in [0, 0.1) is 13.8 Å². The van der Waals surface area contributed by atoms with E-state index < -0.39 is 5.91 Å². The van der Waals surface area contributed by atoms with Gasteiger partial charge in [-0.25, -0.2) is 4.98 Å². The zero-order valence-corrected chi connectivity index (χ0v) is 17.2. The van der Waals surface area contributed by atoms with Crippen LogP contribution in [0.1, 0.15) is 31.8 Å². The molecule has 0 atom stereocenters. The number of aryl methyl sites for hydroxylation is 2. The summed E-state index contributed by atoms with van der Waals surface area (Å²) in [5.41, 5.74) is 8.77. The van der Waals surface area contributed by atoms with Crippen molar-refractivity contribution in [3.63, 3.8) is 0 Å². The molecule has 0 radical (unpaired) electrons. The fraction of sp³-hybridized carbons (Fsp3) is 0.136. The van der Waals surface area contributed by atoms with Gasteiger partial charge in [-0.15, -0.1) is 0 Å². The number of aromatic nitrogens is 1. The minimum Gasteiger partial charge on any atom is -0.495 e. The van der Waals surface area contributed by atoms with Crippen molar-refractivity contribution in [3.8, 4) is 5.75 Å². The van der Waals surface area contributed by atoms with E-state index in [9.17, 15) is 9.59 Å². The molecule has 1 aromatic heterocycles. The van der Waals surface area contributed by atoms with Crippen LogP contribution in [-0.4, -0.2) is 23.9 Å². The van der Waals surface area contributed by atoms with E-state index in [-0.39, 0.29) is 11.5 Å². The van der Waals surface area contributed by atoms with Crippen molar-refractivity contribution in [2.75, 3.05) is 12.4 Å². The van der Waals surface area contributed by atoms with Crippen LogP contribution >= 0.6 is 11.8 Å². The number of amides is 2. The summed E-state index contributed by atoms with van der Waals surface area (Å²) in [4.78, 5) is 29.8.